The van der Waals surface area contributed by atoms with Gasteiger partial charge in [-0.15, -0.1) is 0 Å². The number of carboxylic acid groups (broad SMARTS) is 1. The van der Waals surface area contributed by atoms with Crippen LogP contribution in [0.3, 0.4) is 0 Å². The Balaban J connectivity index is 0.000000423. The van der Waals surface area contributed by atoms with Crippen molar-refractivity contribution < 1.29 is 37.3 Å². The Morgan fingerprint density at radius 1 is 1.23 bits per heavy atom. The summed E-state index contributed by atoms with van der Waals surface area (Å²) >= 11 is 0. The zero-order valence-electron chi connectivity index (χ0n) is 16.7. The molecular weight excluding hydrogens is 419 g/mol. The second-order valence-electron chi connectivity index (χ2n) is 7.34. The van der Waals surface area contributed by atoms with Crippen molar-refractivity contribution >= 4 is 11.9 Å². The summed E-state index contributed by atoms with van der Waals surface area (Å²) in [5, 5.41) is 19.3. The molecule has 0 radical (unpaired) electrons. The summed E-state index contributed by atoms with van der Waals surface area (Å²) in [6, 6.07) is 7.75. The van der Waals surface area contributed by atoms with E-state index >= 15 is 0 Å². The maximum absolute atomic E-state index is 12.4. The van der Waals surface area contributed by atoms with E-state index in [-0.39, 0.29) is 5.91 Å². The Bertz CT molecular complexity index is 832. The lowest BCUT2D eigenvalue weighted by atomic mass is 9.89. The first-order valence-corrected chi connectivity index (χ1v) is 9.61. The molecule has 3 rings (SSSR count). The molecule has 1 aromatic carbocycles. The second kappa shape index (κ2) is 10.6. The molecule has 0 aliphatic carbocycles. The Morgan fingerprint density at radius 2 is 1.87 bits per heavy atom. The number of hydrogen-bond donors (Lipinski definition) is 3. The first kappa shape index (κ1) is 24.6. The predicted molar refractivity (Wildman–Crippen MR) is 102 cm³/mol. The number of carbonyl (C=O) groups is 2. The molecule has 1 unspecified atom stereocenters. The fourth-order valence-electron chi connectivity index (χ4n) is 3.18. The average Bonchev–Trinajstić information content (AvgIpc) is 2.73. The van der Waals surface area contributed by atoms with Gasteiger partial charge in [-0.2, -0.15) is 18.4 Å². The highest BCUT2D eigenvalue weighted by atomic mass is 19.4. The van der Waals surface area contributed by atoms with Gasteiger partial charge in [0.25, 0.3) is 0 Å². The number of amides is 1. The summed E-state index contributed by atoms with van der Waals surface area (Å²) in [7, 11) is 0. The molecule has 1 atom stereocenters. The van der Waals surface area contributed by atoms with E-state index in [1.165, 1.54) is 11.1 Å². The first-order valence-electron chi connectivity index (χ1n) is 9.61. The molecule has 1 saturated heterocycles. The van der Waals surface area contributed by atoms with Crippen LogP contribution in [0.2, 0.25) is 0 Å². The number of halogens is 3. The highest BCUT2D eigenvalue weighted by Crippen LogP contribution is 2.20. The smallest absolute Gasteiger partial charge is 0.475 e. The molecule has 0 saturated carbocycles. The number of hydrogen-bond acceptors (Lipinski definition) is 6. The maximum Gasteiger partial charge on any atom is 0.490 e. The number of ether oxygens (including phenoxy) is 2. The van der Waals surface area contributed by atoms with Gasteiger partial charge < -0.3 is 25.6 Å². The van der Waals surface area contributed by atoms with Gasteiger partial charge in [0.1, 0.15) is 6.04 Å². The van der Waals surface area contributed by atoms with Crippen molar-refractivity contribution in [3.05, 3.63) is 34.9 Å². The fourth-order valence-corrected chi connectivity index (χ4v) is 3.18. The molecule has 170 valence electrons. The van der Waals surface area contributed by atoms with E-state index < -0.39 is 23.7 Å². The van der Waals surface area contributed by atoms with E-state index in [4.69, 9.17) is 25.1 Å². The van der Waals surface area contributed by atoms with Crippen molar-refractivity contribution in [3.8, 4) is 6.07 Å². The molecule has 2 heterocycles. The van der Waals surface area contributed by atoms with E-state index in [9.17, 15) is 23.2 Å². The van der Waals surface area contributed by atoms with Crippen molar-refractivity contribution in [1.82, 2.24) is 5.32 Å². The van der Waals surface area contributed by atoms with Crippen LogP contribution in [0.15, 0.2) is 18.2 Å². The SMILES string of the molecule is N#CC(Cc1ccc2c(c1)COCC2)NC(=O)C1(N)CCOCC1.O=C(O)C(F)(F)F. The lowest BCUT2D eigenvalue weighted by Gasteiger charge is -2.32. The minimum absolute atomic E-state index is 0.265. The molecule has 31 heavy (non-hydrogen) atoms. The quantitative estimate of drug-likeness (QED) is 0.641. The summed E-state index contributed by atoms with van der Waals surface area (Å²) in [6.07, 6.45) is -2.74. The molecule has 4 N–H and O–H groups in total. The van der Waals surface area contributed by atoms with Gasteiger partial charge in [0.05, 0.1) is 24.8 Å². The molecule has 2 aliphatic heterocycles. The molecule has 0 aromatic heterocycles. The number of nitrogens with two attached hydrogens (primary N) is 1. The number of nitrogens with zero attached hydrogens (tertiary/aromatic N) is 1. The van der Waals surface area contributed by atoms with Crippen molar-refractivity contribution in [2.24, 2.45) is 5.73 Å². The van der Waals surface area contributed by atoms with E-state index in [1.807, 2.05) is 6.07 Å². The third-order valence-corrected chi connectivity index (χ3v) is 5.02. The number of aliphatic carboxylic acids is 1. The number of fused-ring (bicyclic) bond motifs is 1. The summed E-state index contributed by atoms with van der Waals surface area (Å²) in [6.45, 7) is 2.32. The largest absolute Gasteiger partial charge is 0.490 e. The number of carboxylic acids is 1. The summed E-state index contributed by atoms with van der Waals surface area (Å²) in [5.74, 6) is -3.02. The van der Waals surface area contributed by atoms with Crippen molar-refractivity contribution in [2.75, 3.05) is 19.8 Å². The predicted octanol–water partition coefficient (Wildman–Crippen LogP) is 1.45. The van der Waals surface area contributed by atoms with E-state index in [2.05, 4.69) is 23.5 Å². The van der Waals surface area contributed by atoms with Crippen LogP contribution in [0.1, 0.15) is 29.5 Å². The monoisotopic (exact) mass is 443 g/mol. The van der Waals surface area contributed by atoms with Crippen molar-refractivity contribution in [1.29, 1.82) is 5.26 Å². The fraction of sp³-hybridized carbons (Fsp3) is 0.550. The minimum Gasteiger partial charge on any atom is -0.475 e. The van der Waals surface area contributed by atoms with Gasteiger partial charge in [0.15, 0.2) is 0 Å². The van der Waals surface area contributed by atoms with Gasteiger partial charge in [-0.1, -0.05) is 18.2 Å². The second-order valence-corrected chi connectivity index (χ2v) is 7.34. The van der Waals surface area contributed by atoms with Gasteiger partial charge in [-0.3, -0.25) is 4.79 Å². The van der Waals surface area contributed by atoms with E-state index in [0.29, 0.717) is 39.1 Å². The average molecular weight is 443 g/mol. The molecule has 0 bridgehead atoms. The Morgan fingerprint density at radius 3 is 2.45 bits per heavy atom. The van der Waals surface area contributed by atoms with Crippen LogP contribution in [0.25, 0.3) is 0 Å². The number of nitrogens with one attached hydrogen (secondary N) is 1. The highest BCUT2D eigenvalue weighted by Gasteiger charge is 2.38. The zero-order valence-corrected chi connectivity index (χ0v) is 16.7. The Labute approximate surface area is 177 Å². The number of carbonyl (C=O) groups excluding carboxylic acids is 1. The van der Waals surface area contributed by atoms with Crippen LogP contribution in [-0.4, -0.2) is 54.6 Å². The van der Waals surface area contributed by atoms with Crippen LogP contribution >= 0.6 is 0 Å². The van der Waals surface area contributed by atoms with Gasteiger partial charge in [0.2, 0.25) is 5.91 Å². The van der Waals surface area contributed by atoms with Gasteiger partial charge in [0, 0.05) is 19.6 Å². The molecule has 0 spiro atoms. The van der Waals surface area contributed by atoms with Crippen molar-refractivity contribution in [3.63, 3.8) is 0 Å². The molecule has 2 aliphatic rings. The number of rotatable bonds is 4. The third-order valence-electron chi connectivity index (χ3n) is 5.02. The molecular formula is C20H24F3N3O5. The topological polar surface area (TPSA) is 135 Å². The van der Waals surface area contributed by atoms with Crippen LogP contribution in [0.5, 0.6) is 0 Å². The number of benzene rings is 1. The zero-order chi connectivity index (χ0) is 23.1. The molecule has 8 nitrogen and oxygen atoms in total. The van der Waals surface area contributed by atoms with E-state index in [1.54, 1.807) is 0 Å². The lowest BCUT2D eigenvalue weighted by Crippen LogP contribution is -2.58. The Hall–Kier alpha value is -2.68. The summed E-state index contributed by atoms with van der Waals surface area (Å²) in [4.78, 5) is 21.3. The number of nitriles is 1. The van der Waals surface area contributed by atoms with E-state index in [0.717, 1.165) is 18.6 Å². The normalized spacial score (nSPS) is 18.4. The summed E-state index contributed by atoms with van der Waals surface area (Å²) in [5.41, 5.74) is 8.72. The Kier molecular flexibility index (Phi) is 8.38. The van der Waals surface area contributed by atoms with Crippen LogP contribution in [0.4, 0.5) is 13.2 Å². The molecule has 11 heteroatoms. The van der Waals surface area contributed by atoms with Crippen molar-refractivity contribution in [2.45, 2.75) is 50.0 Å². The standard InChI is InChI=1S/C18H23N3O3.C2HF3O2/c19-11-16(21-17(22)18(20)4-7-23-8-5-18)10-13-1-2-14-3-6-24-12-15(14)9-13;3-2(4,5)1(6)7/h1-2,9,16H,3-8,10,12,20H2,(H,21,22);(H,6,7). The first-order chi connectivity index (χ1) is 14.5. The summed E-state index contributed by atoms with van der Waals surface area (Å²) < 4.78 is 42.5. The lowest BCUT2D eigenvalue weighted by molar-refractivity contribution is -0.192. The van der Waals surface area contributed by atoms with Crippen LogP contribution in [-0.2, 0) is 38.5 Å². The van der Waals surface area contributed by atoms with Crippen LogP contribution in [0, 0.1) is 11.3 Å². The van der Waals surface area contributed by atoms with Gasteiger partial charge >= 0.3 is 12.1 Å². The van der Waals surface area contributed by atoms with Gasteiger partial charge in [-0.25, -0.2) is 4.79 Å². The minimum atomic E-state index is -5.08. The maximum atomic E-state index is 12.4. The highest BCUT2D eigenvalue weighted by molar-refractivity contribution is 5.86. The van der Waals surface area contributed by atoms with Crippen LogP contribution < -0.4 is 11.1 Å². The molecule has 1 aromatic rings. The number of alkyl halides is 3. The third kappa shape index (κ3) is 7.20. The molecule has 1 amide bonds. The molecule has 1 fully saturated rings. The van der Waals surface area contributed by atoms with Gasteiger partial charge in [-0.05, 0) is 36.0 Å².